The summed E-state index contributed by atoms with van der Waals surface area (Å²) >= 11 is -3.19. The maximum atomic E-state index is 12.9. The maximum absolute atomic E-state index is 12.9. The topological polar surface area (TPSA) is 54.4 Å². The Morgan fingerprint density at radius 1 is 0.793 bits per heavy atom. The van der Waals surface area contributed by atoms with Gasteiger partial charge in [-0.3, -0.25) is 0 Å². The van der Waals surface area contributed by atoms with Crippen molar-refractivity contribution in [3.8, 4) is 0 Å². The fourth-order valence-corrected chi connectivity index (χ4v) is 6.10. The van der Waals surface area contributed by atoms with E-state index in [4.69, 9.17) is 0 Å². The second kappa shape index (κ2) is 13.3. The number of benzene rings is 2. The SMILES string of the molecule is CCCCCCCCC[CH2][Co](=[O])[c]1cc[c]([Co](=[O])[c]2ccc(C)cc2)c(CO)c1. The molecule has 0 aliphatic carbocycles. The van der Waals surface area contributed by atoms with Crippen LogP contribution in [0.25, 0.3) is 0 Å². The van der Waals surface area contributed by atoms with Gasteiger partial charge in [-0.25, -0.2) is 0 Å². The summed E-state index contributed by atoms with van der Waals surface area (Å²) in [4.78, 5) is 0. The fraction of sp³-hybridized carbons (Fsp3) is 0.500. The van der Waals surface area contributed by atoms with Crippen LogP contribution in [0.4, 0.5) is 0 Å². The summed E-state index contributed by atoms with van der Waals surface area (Å²) in [6, 6.07) is 13.0. The van der Waals surface area contributed by atoms with Gasteiger partial charge < -0.3 is 0 Å². The van der Waals surface area contributed by atoms with Crippen LogP contribution in [0.3, 0.4) is 0 Å². The molecule has 0 saturated heterocycles. The van der Waals surface area contributed by atoms with Crippen molar-refractivity contribution < 1.29 is 40.0 Å². The van der Waals surface area contributed by atoms with Crippen LogP contribution in [0, 0.1) is 6.92 Å². The first-order valence-electron chi connectivity index (χ1n) is 10.4. The van der Waals surface area contributed by atoms with Gasteiger partial charge in [0.05, 0.1) is 0 Å². The van der Waals surface area contributed by atoms with Crippen LogP contribution in [0.5, 0.6) is 0 Å². The third-order valence-corrected chi connectivity index (χ3v) is 8.56. The molecule has 0 unspecified atom stereocenters. The summed E-state index contributed by atoms with van der Waals surface area (Å²) in [5.74, 6) is 0. The average molecular weight is 488 g/mol. The van der Waals surface area contributed by atoms with Crippen molar-refractivity contribution in [3.05, 3.63) is 53.6 Å². The van der Waals surface area contributed by atoms with Gasteiger partial charge in [0.15, 0.2) is 0 Å². The van der Waals surface area contributed by atoms with Gasteiger partial charge in [0.25, 0.3) is 0 Å². The van der Waals surface area contributed by atoms with E-state index < -0.39 is 27.2 Å². The predicted octanol–water partition coefficient (Wildman–Crippen LogP) is 4.55. The van der Waals surface area contributed by atoms with Gasteiger partial charge in [-0.15, -0.1) is 0 Å². The van der Waals surface area contributed by atoms with Crippen LogP contribution < -0.4 is 13.5 Å². The molecule has 3 nitrogen and oxygen atoms in total. The number of hydrogen-bond acceptors (Lipinski definition) is 3. The van der Waals surface area contributed by atoms with Crippen LogP contribution in [0.2, 0.25) is 5.36 Å². The van der Waals surface area contributed by atoms with Gasteiger partial charge in [-0.1, -0.05) is 0 Å². The Morgan fingerprint density at radius 3 is 2.00 bits per heavy atom. The quantitative estimate of drug-likeness (QED) is 0.421. The summed E-state index contributed by atoms with van der Waals surface area (Å²) in [6.07, 6.45) is 9.80. The van der Waals surface area contributed by atoms with Crippen LogP contribution in [0.1, 0.15) is 69.4 Å². The first-order chi connectivity index (χ1) is 14.1. The van der Waals surface area contributed by atoms with Gasteiger partial charge in [0.1, 0.15) is 0 Å². The second-order valence-electron chi connectivity index (χ2n) is 7.26. The molecule has 0 bridgehead atoms. The molecule has 29 heavy (non-hydrogen) atoms. The van der Waals surface area contributed by atoms with Crippen molar-refractivity contribution in [2.45, 2.75) is 77.2 Å². The summed E-state index contributed by atoms with van der Waals surface area (Å²) < 4.78 is 27.7. The molecule has 2 aromatic rings. The third kappa shape index (κ3) is 7.98. The number of hydrogen-bond donors (Lipinski definition) is 1. The molecule has 0 aliphatic heterocycles. The Bertz CT molecular complexity index is 800. The molecule has 0 spiro atoms. The summed E-state index contributed by atoms with van der Waals surface area (Å²) in [6.45, 7) is 4.02. The Morgan fingerprint density at radius 2 is 1.38 bits per heavy atom. The second-order valence-corrected chi connectivity index (χ2v) is 11.1. The molecule has 0 aromatic heterocycles. The van der Waals surface area contributed by atoms with Crippen molar-refractivity contribution in [3.63, 3.8) is 0 Å². The van der Waals surface area contributed by atoms with Crippen molar-refractivity contribution in [2.24, 2.45) is 0 Å². The standard InChI is InChI=1S/C10H21.C7H6O.C7H7.2Co.2O/c1-3-5-7-9-10-8-6-4-2;8-6-7-4-2-1-3-5-7;1-7-5-3-2-4-6-7;;;;/h1,3-10H2,2H3;1-2,5,8H,6H2;3-6H,1H3;;;;. The monoisotopic (exact) mass is 488 g/mol. The minimum absolute atomic E-state index is 0.198. The van der Waals surface area contributed by atoms with E-state index in [1.165, 1.54) is 38.5 Å². The summed E-state index contributed by atoms with van der Waals surface area (Å²) in [5, 5.41) is 10.5. The van der Waals surface area contributed by atoms with Crippen molar-refractivity contribution in [1.82, 2.24) is 0 Å². The molecule has 0 atom stereocenters. The number of unbranched alkanes of at least 4 members (excludes halogenated alkanes) is 7. The van der Waals surface area contributed by atoms with Crippen LogP contribution in [-0.2, 0) is 41.5 Å². The van der Waals surface area contributed by atoms with E-state index in [9.17, 15) is 12.8 Å². The first-order valence-corrected chi connectivity index (χ1v) is 13.6. The van der Waals surface area contributed by atoms with Crippen molar-refractivity contribution in [2.75, 3.05) is 0 Å². The van der Waals surface area contributed by atoms with E-state index in [0.29, 0.717) is 15.4 Å². The molecule has 0 radical (unpaired) electrons. The van der Waals surface area contributed by atoms with Crippen molar-refractivity contribution >= 4 is 13.5 Å². The Balaban J connectivity index is 1.91. The van der Waals surface area contributed by atoms with Crippen LogP contribution in [-0.4, -0.2) is 5.11 Å². The van der Waals surface area contributed by atoms with E-state index >= 15 is 0 Å². The zero-order valence-corrected chi connectivity index (χ0v) is 19.6. The van der Waals surface area contributed by atoms with Gasteiger partial charge >= 0.3 is 184 Å². The molecule has 0 fully saturated rings. The van der Waals surface area contributed by atoms with E-state index in [-0.39, 0.29) is 6.61 Å². The third-order valence-electron chi connectivity index (χ3n) is 4.81. The zero-order chi connectivity index (χ0) is 21.1. The normalized spacial score (nSPS) is 12.1. The number of aliphatic hydroxyl groups excluding tert-OH is 1. The van der Waals surface area contributed by atoms with E-state index in [0.717, 1.165) is 27.4 Å². The Labute approximate surface area is 183 Å². The molecule has 0 aliphatic rings. The minimum atomic E-state index is -1.74. The summed E-state index contributed by atoms with van der Waals surface area (Å²) in [5.41, 5.74) is 1.73. The molecular weight excluding hydrogens is 454 g/mol. The fourth-order valence-electron chi connectivity index (χ4n) is 3.06. The van der Waals surface area contributed by atoms with Gasteiger partial charge in [0.2, 0.25) is 0 Å². The van der Waals surface area contributed by atoms with Crippen molar-refractivity contribution in [1.29, 1.82) is 0 Å². The van der Waals surface area contributed by atoms with Crippen LogP contribution >= 0.6 is 0 Å². The molecule has 1 N–H and O–H groups in total. The molecule has 166 valence electrons. The molecule has 0 heterocycles. The molecule has 5 heteroatoms. The number of aliphatic hydroxyl groups is 1. The van der Waals surface area contributed by atoms with E-state index in [2.05, 4.69) is 6.92 Å². The van der Waals surface area contributed by atoms with Gasteiger partial charge in [-0.05, 0) is 0 Å². The van der Waals surface area contributed by atoms with E-state index in [1.807, 2.05) is 37.3 Å². The summed E-state index contributed by atoms with van der Waals surface area (Å²) in [7, 11) is 0. The molecular formula is C24H34Co2O3. The number of rotatable bonds is 13. The Kier molecular flexibility index (Phi) is 11.2. The Hall–Kier alpha value is -0.987. The molecule has 2 aromatic carbocycles. The first kappa shape index (κ1) is 24.3. The van der Waals surface area contributed by atoms with Gasteiger partial charge in [-0.2, -0.15) is 0 Å². The predicted molar refractivity (Wildman–Crippen MR) is 111 cm³/mol. The zero-order valence-electron chi connectivity index (χ0n) is 17.5. The van der Waals surface area contributed by atoms with Crippen LogP contribution in [0.15, 0.2) is 42.5 Å². The average Bonchev–Trinajstić information content (AvgIpc) is 2.75. The molecule has 0 saturated carbocycles. The van der Waals surface area contributed by atoms with E-state index in [1.54, 1.807) is 12.1 Å². The molecule has 2 rings (SSSR count). The van der Waals surface area contributed by atoms with Gasteiger partial charge in [0, 0.05) is 0 Å². The molecule has 0 amide bonds. The number of aryl methyl sites for hydroxylation is 1.